The summed E-state index contributed by atoms with van der Waals surface area (Å²) in [5, 5.41) is 3.51. The number of carbonyl (C=O) groups excluding carboxylic acids is 1. The van der Waals surface area contributed by atoms with Gasteiger partial charge in [-0.25, -0.2) is 0 Å². The molecule has 1 saturated carbocycles. The third-order valence-electron chi connectivity index (χ3n) is 4.90. The summed E-state index contributed by atoms with van der Waals surface area (Å²) in [5.41, 5.74) is 2.50. The average molecular weight is 338 g/mol. The first-order chi connectivity index (χ1) is 12.3. The Hall–Kier alpha value is -2.89. The summed E-state index contributed by atoms with van der Waals surface area (Å²) in [7, 11) is 1.61. The number of anilines is 1. The van der Waals surface area contributed by atoms with Crippen LogP contribution >= 0.6 is 0 Å². The molecular formula is C19H18N2O4. The van der Waals surface area contributed by atoms with Gasteiger partial charge >= 0.3 is 0 Å². The Morgan fingerprint density at radius 3 is 2.84 bits per heavy atom. The number of ether oxygens (including phenoxy) is 3. The number of nitrogens with zero attached hydrogens (tertiary/aromatic N) is 1. The van der Waals surface area contributed by atoms with Crippen molar-refractivity contribution in [3.05, 3.63) is 47.5 Å². The summed E-state index contributed by atoms with van der Waals surface area (Å²) in [6.07, 6.45) is 1.82. The molecule has 0 radical (unpaired) electrons. The largest absolute Gasteiger partial charge is 0.493 e. The van der Waals surface area contributed by atoms with Gasteiger partial charge in [0, 0.05) is 17.3 Å². The summed E-state index contributed by atoms with van der Waals surface area (Å²) in [6, 6.07) is 11.8. The lowest BCUT2D eigenvalue weighted by atomic mass is 10.0. The van der Waals surface area contributed by atoms with E-state index < -0.39 is 0 Å². The van der Waals surface area contributed by atoms with Crippen molar-refractivity contribution in [3.8, 4) is 17.2 Å². The van der Waals surface area contributed by atoms with E-state index in [1.54, 1.807) is 7.11 Å². The molecule has 1 fully saturated rings. The van der Waals surface area contributed by atoms with Crippen molar-refractivity contribution in [1.82, 2.24) is 4.90 Å². The fourth-order valence-corrected chi connectivity index (χ4v) is 3.55. The maximum absolute atomic E-state index is 13.1. The van der Waals surface area contributed by atoms with E-state index in [0.717, 1.165) is 29.7 Å². The zero-order valence-electron chi connectivity index (χ0n) is 13.8. The second-order valence-corrected chi connectivity index (χ2v) is 6.49. The lowest BCUT2D eigenvalue weighted by Crippen LogP contribution is -2.44. The van der Waals surface area contributed by atoms with Gasteiger partial charge in [0.25, 0.3) is 5.91 Å². The second-order valence-electron chi connectivity index (χ2n) is 6.49. The highest BCUT2D eigenvalue weighted by Crippen LogP contribution is 2.46. The second kappa shape index (κ2) is 5.31. The maximum atomic E-state index is 13.1. The Morgan fingerprint density at radius 2 is 2.04 bits per heavy atom. The minimum atomic E-state index is -0.252. The van der Waals surface area contributed by atoms with Gasteiger partial charge in [-0.05, 0) is 37.1 Å². The molecule has 1 atom stereocenters. The Balaban J connectivity index is 1.62. The van der Waals surface area contributed by atoms with Crippen LogP contribution in [0.5, 0.6) is 17.2 Å². The highest BCUT2D eigenvalue weighted by atomic mass is 16.7. The average Bonchev–Trinajstić information content (AvgIpc) is 3.36. The zero-order valence-corrected chi connectivity index (χ0v) is 13.8. The van der Waals surface area contributed by atoms with Crippen LogP contribution in [-0.4, -0.2) is 30.8 Å². The van der Waals surface area contributed by atoms with E-state index >= 15 is 0 Å². The molecule has 1 N–H and O–H groups in total. The molecule has 6 nitrogen and oxygen atoms in total. The fraction of sp³-hybridized carbons (Fsp3) is 0.316. The van der Waals surface area contributed by atoms with Crippen molar-refractivity contribution in [1.29, 1.82) is 0 Å². The van der Waals surface area contributed by atoms with Gasteiger partial charge in [0.2, 0.25) is 12.5 Å². The van der Waals surface area contributed by atoms with Crippen LogP contribution < -0.4 is 19.5 Å². The number of hydrogen-bond acceptors (Lipinski definition) is 5. The molecule has 1 aliphatic carbocycles. The topological polar surface area (TPSA) is 60.0 Å². The monoisotopic (exact) mass is 338 g/mol. The van der Waals surface area contributed by atoms with Crippen molar-refractivity contribution in [2.45, 2.75) is 25.0 Å². The lowest BCUT2D eigenvalue weighted by molar-refractivity contribution is 0.0666. The number of benzene rings is 2. The van der Waals surface area contributed by atoms with E-state index in [1.807, 2.05) is 41.3 Å². The Morgan fingerprint density at radius 1 is 1.20 bits per heavy atom. The predicted octanol–water partition coefficient (Wildman–Crippen LogP) is 3.15. The number of para-hydroxylation sites is 1. The number of rotatable bonds is 3. The fourth-order valence-electron chi connectivity index (χ4n) is 3.55. The van der Waals surface area contributed by atoms with Crippen molar-refractivity contribution in [2.75, 3.05) is 19.2 Å². The van der Waals surface area contributed by atoms with Crippen molar-refractivity contribution in [2.24, 2.45) is 0 Å². The van der Waals surface area contributed by atoms with Crippen molar-refractivity contribution in [3.63, 3.8) is 0 Å². The molecule has 0 saturated heterocycles. The van der Waals surface area contributed by atoms with Gasteiger partial charge in [0.15, 0.2) is 11.5 Å². The number of nitrogens with one attached hydrogen (secondary N) is 1. The van der Waals surface area contributed by atoms with E-state index in [2.05, 4.69) is 5.32 Å². The van der Waals surface area contributed by atoms with Crippen LogP contribution in [0.15, 0.2) is 36.4 Å². The van der Waals surface area contributed by atoms with E-state index in [4.69, 9.17) is 14.2 Å². The molecule has 2 aromatic carbocycles. The molecule has 25 heavy (non-hydrogen) atoms. The smallest absolute Gasteiger partial charge is 0.258 e. The molecule has 6 heteroatoms. The lowest BCUT2D eigenvalue weighted by Gasteiger charge is -2.38. The highest BCUT2D eigenvalue weighted by Gasteiger charge is 2.42. The third-order valence-corrected chi connectivity index (χ3v) is 4.90. The Labute approximate surface area is 145 Å². The molecule has 0 aromatic heterocycles. The Kier molecular flexibility index (Phi) is 3.07. The van der Waals surface area contributed by atoms with Crippen LogP contribution in [0.3, 0.4) is 0 Å². The summed E-state index contributed by atoms with van der Waals surface area (Å²) in [6.45, 7) is 0.182. The maximum Gasteiger partial charge on any atom is 0.258 e. The van der Waals surface area contributed by atoms with E-state index in [0.29, 0.717) is 17.2 Å². The Bertz CT molecular complexity index is 862. The highest BCUT2D eigenvalue weighted by molar-refractivity contribution is 6.02. The molecular weight excluding hydrogens is 320 g/mol. The third kappa shape index (κ3) is 2.21. The summed E-state index contributed by atoms with van der Waals surface area (Å²) < 4.78 is 16.5. The van der Waals surface area contributed by atoms with Gasteiger partial charge in [-0.2, -0.15) is 0 Å². The number of methoxy groups -OCH3 is 1. The molecule has 128 valence electrons. The first-order valence-electron chi connectivity index (χ1n) is 8.42. The normalized spacial score (nSPS) is 20.9. The molecule has 2 aromatic rings. The molecule has 3 aliphatic rings. The van der Waals surface area contributed by atoms with Crippen LogP contribution in [0.2, 0.25) is 0 Å². The summed E-state index contributed by atoms with van der Waals surface area (Å²) in [5.74, 6) is 1.96. The standard InChI is InChI=1S/C19H18N2O4/c1-23-15-8-11(9-16-17(15)25-10-24-16)18-20-14-5-3-2-4-13(14)19(22)21(18)12-6-7-12/h2-5,8-9,12,18,20H,6-7,10H2,1H3/t18-/m0/s1. The molecule has 0 unspecified atom stereocenters. The predicted molar refractivity (Wildman–Crippen MR) is 91.1 cm³/mol. The summed E-state index contributed by atoms with van der Waals surface area (Å²) >= 11 is 0. The number of amides is 1. The first-order valence-corrected chi connectivity index (χ1v) is 8.42. The van der Waals surface area contributed by atoms with Crippen molar-refractivity contribution >= 4 is 11.6 Å². The molecule has 2 aliphatic heterocycles. The van der Waals surface area contributed by atoms with E-state index in [9.17, 15) is 4.79 Å². The minimum Gasteiger partial charge on any atom is -0.493 e. The van der Waals surface area contributed by atoms with Crippen molar-refractivity contribution < 1.29 is 19.0 Å². The van der Waals surface area contributed by atoms with E-state index in [1.165, 1.54) is 0 Å². The van der Waals surface area contributed by atoms with Gasteiger partial charge < -0.3 is 24.4 Å². The number of carbonyl (C=O) groups is 1. The number of fused-ring (bicyclic) bond motifs is 2. The first kappa shape index (κ1) is 14.5. The van der Waals surface area contributed by atoms with Crippen LogP contribution in [0, 0.1) is 0 Å². The molecule has 5 rings (SSSR count). The van der Waals surface area contributed by atoms with E-state index in [-0.39, 0.29) is 24.9 Å². The quantitative estimate of drug-likeness (QED) is 0.931. The molecule has 1 amide bonds. The molecule has 0 bridgehead atoms. The minimum absolute atomic E-state index is 0.0680. The van der Waals surface area contributed by atoms with Crippen LogP contribution in [0.25, 0.3) is 0 Å². The van der Waals surface area contributed by atoms with Gasteiger partial charge in [0.1, 0.15) is 6.17 Å². The van der Waals surface area contributed by atoms with Gasteiger partial charge in [0.05, 0.1) is 12.7 Å². The van der Waals surface area contributed by atoms with Crippen LogP contribution in [0.4, 0.5) is 5.69 Å². The SMILES string of the molecule is COc1cc([C@H]2Nc3ccccc3C(=O)N2C2CC2)cc2c1OCO2. The summed E-state index contributed by atoms with van der Waals surface area (Å²) in [4.78, 5) is 15.0. The number of hydrogen-bond donors (Lipinski definition) is 1. The zero-order chi connectivity index (χ0) is 17.0. The molecule has 0 spiro atoms. The van der Waals surface area contributed by atoms with Gasteiger partial charge in [-0.3, -0.25) is 4.79 Å². The van der Waals surface area contributed by atoms with Gasteiger partial charge in [-0.1, -0.05) is 12.1 Å². The van der Waals surface area contributed by atoms with Crippen LogP contribution in [-0.2, 0) is 0 Å². The van der Waals surface area contributed by atoms with Crippen LogP contribution in [0.1, 0.15) is 34.9 Å². The molecule has 2 heterocycles. The van der Waals surface area contributed by atoms with Gasteiger partial charge in [-0.15, -0.1) is 0 Å².